The highest BCUT2D eigenvalue weighted by Crippen LogP contribution is 2.20. The third kappa shape index (κ3) is 5.43. The van der Waals surface area contributed by atoms with E-state index < -0.39 is 0 Å². The highest BCUT2D eigenvalue weighted by molar-refractivity contribution is 5.80. The predicted molar refractivity (Wildman–Crippen MR) is 106 cm³/mol. The van der Waals surface area contributed by atoms with Crippen LogP contribution in [0.25, 0.3) is 0 Å². The maximum atomic E-state index is 14.0. The van der Waals surface area contributed by atoms with E-state index in [0.29, 0.717) is 17.0 Å². The minimum atomic E-state index is -0.307. The van der Waals surface area contributed by atoms with Crippen LogP contribution in [-0.4, -0.2) is 55.0 Å². The van der Waals surface area contributed by atoms with Gasteiger partial charge in [0.2, 0.25) is 0 Å². The van der Waals surface area contributed by atoms with Crippen LogP contribution in [0.2, 0.25) is 0 Å². The van der Waals surface area contributed by atoms with Crippen LogP contribution in [0.15, 0.2) is 23.2 Å². The van der Waals surface area contributed by atoms with Crippen molar-refractivity contribution < 1.29 is 4.39 Å². The molecular weight excluding hydrogens is 341 g/mol. The number of nitrogens with zero attached hydrogens (tertiary/aromatic N) is 4. The van der Waals surface area contributed by atoms with Crippen molar-refractivity contribution in [1.29, 1.82) is 5.26 Å². The Balaban J connectivity index is 1.61. The van der Waals surface area contributed by atoms with Gasteiger partial charge in [-0.3, -0.25) is 0 Å². The van der Waals surface area contributed by atoms with Crippen LogP contribution >= 0.6 is 0 Å². The number of hydrogen-bond donors (Lipinski definition) is 1. The average molecular weight is 372 g/mol. The molecule has 0 bridgehead atoms. The molecule has 3 rings (SSSR count). The van der Waals surface area contributed by atoms with E-state index in [-0.39, 0.29) is 12.4 Å². The van der Waals surface area contributed by atoms with Gasteiger partial charge in [0.1, 0.15) is 5.82 Å². The fourth-order valence-corrected chi connectivity index (χ4v) is 4.03. The lowest BCUT2D eigenvalue weighted by atomic mass is 10.1. The normalized spacial score (nSPS) is 21.3. The van der Waals surface area contributed by atoms with Crippen LogP contribution in [0.3, 0.4) is 0 Å². The van der Waals surface area contributed by atoms with Crippen molar-refractivity contribution in [3.05, 3.63) is 35.1 Å². The first-order valence-corrected chi connectivity index (χ1v) is 10.1. The molecule has 1 N–H and O–H groups in total. The summed E-state index contributed by atoms with van der Waals surface area (Å²) in [5, 5.41) is 12.4. The van der Waals surface area contributed by atoms with Crippen LogP contribution in [0.1, 0.15) is 43.7 Å². The van der Waals surface area contributed by atoms with Gasteiger partial charge in [-0.05, 0) is 63.4 Å². The molecular formula is C21H30FN5. The Morgan fingerprint density at radius 3 is 2.85 bits per heavy atom. The Morgan fingerprint density at radius 2 is 2.11 bits per heavy atom. The second-order valence-corrected chi connectivity index (χ2v) is 7.55. The molecule has 27 heavy (non-hydrogen) atoms. The second-order valence-electron chi connectivity index (χ2n) is 7.55. The van der Waals surface area contributed by atoms with Crippen LogP contribution in [0.5, 0.6) is 0 Å². The number of aliphatic imine (C=N–C) groups is 1. The molecule has 1 unspecified atom stereocenters. The summed E-state index contributed by atoms with van der Waals surface area (Å²) < 4.78 is 14.0. The molecule has 2 saturated heterocycles. The molecule has 2 heterocycles. The number of likely N-dealkylation sites (tertiary alicyclic amines) is 2. The molecule has 0 aliphatic carbocycles. The summed E-state index contributed by atoms with van der Waals surface area (Å²) in [4.78, 5) is 9.55. The summed E-state index contributed by atoms with van der Waals surface area (Å²) in [7, 11) is 0. The highest BCUT2D eigenvalue weighted by atomic mass is 19.1. The van der Waals surface area contributed by atoms with Gasteiger partial charge in [-0.1, -0.05) is 6.42 Å². The van der Waals surface area contributed by atoms with Crippen molar-refractivity contribution in [2.24, 2.45) is 10.9 Å². The van der Waals surface area contributed by atoms with Crippen molar-refractivity contribution in [3.63, 3.8) is 0 Å². The molecule has 2 fully saturated rings. The van der Waals surface area contributed by atoms with Gasteiger partial charge in [0, 0.05) is 31.7 Å². The topological polar surface area (TPSA) is 54.7 Å². The van der Waals surface area contributed by atoms with Gasteiger partial charge in [-0.2, -0.15) is 5.26 Å². The number of piperidine rings is 1. The summed E-state index contributed by atoms with van der Waals surface area (Å²) in [5.41, 5.74) is 0.933. The summed E-state index contributed by atoms with van der Waals surface area (Å²) in [6.07, 6.45) is 5.20. The molecule has 6 heteroatoms. The van der Waals surface area contributed by atoms with Crippen molar-refractivity contribution in [1.82, 2.24) is 15.1 Å². The number of rotatable bonds is 5. The summed E-state index contributed by atoms with van der Waals surface area (Å²) in [5.74, 6) is 1.21. The minimum Gasteiger partial charge on any atom is -0.357 e. The lowest BCUT2D eigenvalue weighted by Crippen LogP contribution is -2.41. The Kier molecular flexibility index (Phi) is 7.05. The molecule has 1 aromatic carbocycles. The van der Waals surface area contributed by atoms with Crippen LogP contribution in [-0.2, 0) is 6.54 Å². The van der Waals surface area contributed by atoms with Gasteiger partial charge in [-0.15, -0.1) is 0 Å². The van der Waals surface area contributed by atoms with E-state index in [1.165, 1.54) is 57.5 Å². The van der Waals surface area contributed by atoms with Gasteiger partial charge in [0.25, 0.3) is 0 Å². The maximum absolute atomic E-state index is 14.0. The fraction of sp³-hybridized carbons (Fsp3) is 0.619. The quantitative estimate of drug-likeness (QED) is 0.639. The summed E-state index contributed by atoms with van der Waals surface area (Å²) in [6.45, 7) is 8.72. The first-order chi connectivity index (χ1) is 13.2. The molecule has 1 atom stereocenters. The minimum absolute atomic E-state index is 0.247. The van der Waals surface area contributed by atoms with Crippen molar-refractivity contribution >= 4 is 5.96 Å². The van der Waals surface area contributed by atoms with E-state index in [0.717, 1.165) is 25.6 Å². The molecule has 146 valence electrons. The van der Waals surface area contributed by atoms with E-state index in [1.807, 2.05) is 6.92 Å². The summed E-state index contributed by atoms with van der Waals surface area (Å²) >= 11 is 0. The number of guanidine groups is 1. The standard InChI is InChI=1S/C21H30FN5/c1-2-24-21(25-14-19-12-17(13-23)6-7-20(19)22)27-11-8-18(16-27)15-26-9-4-3-5-10-26/h6-7,12,18H,2-5,8-11,14-16H2,1H3,(H,24,25). The van der Waals surface area contributed by atoms with E-state index in [4.69, 9.17) is 5.26 Å². The lowest BCUT2D eigenvalue weighted by Gasteiger charge is -2.29. The van der Waals surface area contributed by atoms with Crippen molar-refractivity contribution in [2.75, 3.05) is 39.3 Å². The monoisotopic (exact) mass is 371 g/mol. The largest absolute Gasteiger partial charge is 0.357 e. The van der Waals surface area contributed by atoms with E-state index in [9.17, 15) is 4.39 Å². The Labute approximate surface area is 161 Å². The number of nitriles is 1. The highest BCUT2D eigenvalue weighted by Gasteiger charge is 2.27. The van der Waals surface area contributed by atoms with Crippen LogP contribution in [0.4, 0.5) is 4.39 Å². The van der Waals surface area contributed by atoms with Gasteiger partial charge < -0.3 is 15.1 Å². The number of hydrogen-bond acceptors (Lipinski definition) is 3. The first kappa shape index (κ1) is 19.6. The van der Waals surface area contributed by atoms with Gasteiger partial charge >= 0.3 is 0 Å². The molecule has 0 spiro atoms. The van der Waals surface area contributed by atoms with E-state index in [1.54, 1.807) is 6.07 Å². The number of halogens is 1. The Morgan fingerprint density at radius 1 is 1.30 bits per heavy atom. The zero-order valence-electron chi connectivity index (χ0n) is 16.3. The van der Waals surface area contributed by atoms with Crippen LogP contribution in [0, 0.1) is 23.1 Å². The third-order valence-corrected chi connectivity index (χ3v) is 5.46. The Hall–Kier alpha value is -2.13. The third-order valence-electron chi connectivity index (χ3n) is 5.46. The SMILES string of the molecule is CCNC(=NCc1cc(C#N)ccc1F)N1CCC(CN2CCCCC2)C1. The predicted octanol–water partition coefficient (Wildman–Crippen LogP) is 2.97. The molecule has 2 aliphatic rings. The number of benzene rings is 1. The van der Waals surface area contributed by atoms with E-state index in [2.05, 4.69) is 26.2 Å². The van der Waals surface area contributed by atoms with Crippen molar-refractivity contribution in [2.45, 2.75) is 39.2 Å². The zero-order valence-corrected chi connectivity index (χ0v) is 16.3. The van der Waals surface area contributed by atoms with Crippen molar-refractivity contribution in [3.8, 4) is 6.07 Å². The smallest absolute Gasteiger partial charge is 0.194 e. The zero-order chi connectivity index (χ0) is 19.1. The molecule has 0 saturated carbocycles. The Bertz CT molecular complexity index is 690. The first-order valence-electron chi connectivity index (χ1n) is 10.1. The van der Waals surface area contributed by atoms with E-state index >= 15 is 0 Å². The molecule has 0 aromatic heterocycles. The van der Waals surface area contributed by atoms with Crippen LogP contribution < -0.4 is 5.32 Å². The van der Waals surface area contributed by atoms with Gasteiger partial charge in [0.15, 0.2) is 5.96 Å². The van der Waals surface area contributed by atoms with Gasteiger partial charge in [-0.25, -0.2) is 9.38 Å². The fourth-order valence-electron chi connectivity index (χ4n) is 4.03. The average Bonchev–Trinajstić information content (AvgIpc) is 3.15. The molecule has 2 aliphatic heterocycles. The molecule has 0 radical (unpaired) electrons. The molecule has 1 aromatic rings. The number of nitrogens with one attached hydrogen (secondary N) is 1. The summed E-state index contributed by atoms with van der Waals surface area (Å²) in [6, 6.07) is 6.50. The van der Waals surface area contributed by atoms with Gasteiger partial charge in [0.05, 0.1) is 18.2 Å². The lowest BCUT2D eigenvalue weighted by molar-refractivity contribution is 0.198. The molecule has 0 amide bonds. The maximum Gasteiger partial charge on any atom is 0.194 e. The molecule has 5 nitrogen and oxygen atoms in total. The second kappa shape index (κ2) is 9.70.